The minimum Gasteiger partial charge on any atom is -0.207 e. The molecular weight excluding hydrogens is 279 g/mol. The summed E-state index contributed by atoms with van der Waals surface area (Å²) >= 11 is 5.92. The van der Waals surface area contributed by atoms with Crippen LogP contribution in [0, 0.1) is 5.82 Å². The Hall–Kier alpha value is -2.27. The number of nitrogens with zero attached hydrogens (tertiary/aromatic N) is 4. The van der Waals surface area contributed by atoms with E-state index < -0.39 is 0 Å². The number of hydrogen-bond acceptors (Lipinski definition) is 3. The third kappa shape index (κ3) is 2.83. The van der Waals surface area contributed by atoms with Gasteiger partial charge in [-0.1, -0.05) is 35.9 Å². The zero-order valence-electron chi connectivity index (χ0n) is 10.4. The van der Waals surface area contributed by atoms with E-state index in [1.54, 1.807) is 18.2 Å². The normalized spacial score (nSPS) is 10.7. The summed E-state index contributed by atoms with van der Waals surface area (Å²) in [4.78, 5) is 1.45. The van der Waals surface area contributed by atoms with Crippen molar-refractivity contribution in [1.29, 1.82) is 0 Å². The maximum Gasteiger partial charge on any atom is 0.205 e. The van der Waals surface area contributed by atoms with Crippen LogP contribution < -0.4 is 0 Å². The van der Waals surface area contributed by atoms with Crippen LogP contribution in [0.25, 0.3) is 11.4 Å². The van der Waals surface area contributed by atoms with Crippen molar-refractivity contribution in [2.24, 2.45) is 0 Å². The molecule has 2 aromatic carbocycles. The molecule has 0 spiro atoms. The lowest BCUT2D eigenvalue weighted by Crippen LogP contribution is -2.03. The van der Waals surface area contributed by atoms with Gasteiger partial charge in [-0.25, -0.2) is 4.39 Å². The second-order valence-electron chi connectivity index (χ2n) is 4.28. The van der Waals surface area contributed by atoms with Crippen molar-refractivity contribution >= 4 is 11.6 Å². The van der Waals surface area contributed by atoms with Crippen molar-refractivity contribution in [1.82, 2.24) is 20.2 Å². The Labute approximate surface area is 119 Å². The molecule has 0 aliphatic heterocycles. The highest BCUT2D eigenvalue weighted by atomic mass is 35.5. The third-order valence-corrected chi connectivity index (χ3v) is 2.98. The molecule has 0 unspecified atom stereocenters. The van der Waals surface area contributed by atoms with Crippen LogP contribution in [0.3, 0.4) is 0 Å². The Bertz CT molecular complexity index is 741. The smallest absolute Gasteiger partial charge is 0.205 e. The van der Waals surface area contributed by atoms with E-state index in [0.29, 0.717) is 23.0 Å². The Morgan fingerprint density at radius 1 is 1.10 bits per heavy atom. The van der Waals surface area contributed by atoms with Crippen LogP contribution in [0.15, 0.2) is 48.5 Å². The van der Waals surface area contributed by atoms with Crippen molar-refractivity contribution < 1.29 is 4.39 Å². The van der Waals surface area contributed by atoms with Crippen LogP contribution in [0.5, 0.6) is 0 Å². The van der Waals surface area contributed by atoms with Gasteiger partial charge in [-0.05, 0) is 35.0 Å². The predicted molar refractivity (Wildman–Crippen MR) is 73.8 cm³/mol. The van der Waals surface area contributed by atoms with Gasteiger partial charge in [-0.15, -0.1) is 10.2 Å². The number of hydrogen-bond donors (Lipinski definition) is 0. The average Bonchev–Trinajstić information content (AvgIpc) is 2.87. The van der Waals surface area contributed by atoms with Crippen LogP contribution in [0.1, 0.15) is 5.56 Å². The van der Waals surface area contributed by atoms with E-state index in [1.807, 2.05) is 18.2 Å². The molecule has 0 bridgehead atoms. The summed E-state index contributed by atoms with van der Waals surface area (Å²) in [7, 11) is 0. The first-order chi connectivity index (χ1) is 9.70. The van der Waals surface area contributed by atoms with Gasteiger partial charge in [0, 0.05) is 10.6 Å². The summed E-state index contributed by atoms with van der Waals surface area (Å²) in [6, 6.07) is 13.5. The van der Waals surface area contributed by atoms with E-state index >= 15 is 0 Å². The second-order valence-corrected chi connectivity index (χ2v) is 4.72. The molecule has 3 aromatic rings. The van der Waals surface area contributed by atoms with E-state index in [0.717, 1.165) is 5.56 Å². The van der Waals surface area contributed by atoms with Gasteiger partial charge >= 0.3 is 0 Å². The van der Waals surface area contributed by atoms with Crippen LogP contribution >= 0.6 is 11.6 Å². The maximum absolute atomic E-state index is 13.2. The largest absolute Gasteiger partial charge is 0.207 e. The SMILES string of the molecule is Fc1cccc(-c2nnn(Cc3cccc(Cl)c3)n2)c1. The molecule has 0 aliphatic carbocycles. The molecule has 100 valence electrons. The molecule has 0 fully saturated rings. The fraction of sp³-hybridized carbons (Fsp3) is 0.0714. The molecule has 1 aromatic heterocycles. The number of tetrazole rings is 1. The number of halogens is 2. The molecule has 0 aliphatic rings. The lowest BCUT2D eigenvalue weighted by atomic mass is 10.2. The Morgan fingerprint density at radius 2 is 1.95 bits per heavy atom. The topological polar surface area (TPSA) is 43.6 Å². The van der Waals surface area contributed by atoms with Crippen LogP contribution in [-0.2, 0) is 6.54 Å². The van der Waals surface area contributed by atoms with Gasteiger partial charge in [-0.3, -0.25) is 0 Å². The summed E-state index contributed by atoms with van der Waals surface area (Å²) in [5.74, 6) is 0.0696. The molecule has 20 heavy (non-hydrogen) atoms. The number of rotatable bonds is 3. The number of aromatic nitrogens is 4. The van der Waals surface area contributed by atoms with Gasteiger partial charge in [-0.2, -0.15) is 4.80 Å². The van der Waals surface area contributed by atoms with E-state index in [9.17, 15) is 4.39 Å². The van der Waals surface area contributed by atoms with Crippen molar-refractivity contribution in [3.05, 3.63) is 64.9 Å². The van der Waals surface area contributed by atoms with Gasteiger partial charge < -0.3 is 0 Å². The summed E-state index contributed by atoms with van der Waals surface area (Å²) in [6.45, 7) is 0.461. The molecule has 0 amide bonds. The maximum atomic E-state index is 13.2. The molecule has 3 rings (SSSR count). The minimum absolute atomic E-state index is 0.325. The Kier molecular flexibility index (Phi) is 3.43. The third-order valence-electron chi connectivity index (χ3n) is 2.75. The highest BCUT2D eigenvalue weighted by Crippen LogP contribution is 2.15. The van der Waals surface area contributed by atoms with Gasteiger partial charge in [0.25, 0.3) is 0 Å². The molecular formula is C14H10ClFN4. The summed E-state index contributed by atoms with van der Waals surface area (Å²) in [6.07, 6.45) is 0. The average molecular weight is 289 g/mol. The predicted octanol–water partition coefficient (Wildman–Crippen LogP) is 3.18. The first kappa shape index (κ1) is 12.7. The Morgan fingerprint density at radius 3 is 2.75 bits per heavy atom. The van der Waals surface area contributed by atoms with Crippen LogP contribution in [-0.4, -0.2) is 20.2 Å². The zero-order valence-corrected chi connectivity index (χ0v) is 11.1. The second kappa shape index (κ2) is 5.38. The van der Waals surface area contributed by atoms with Gasteiger partial charge in [0.15, 0.2) is 0 Å². The highest BCUT2D eigenvalue weighted by molar-refractivity contribution is 6.30. The van der Waals surface area contributed by atoms with Crippen molar-refractivity contribution in [2.45, 2.75) is 6.54 Å². The molecule has 6 heteroatoms. The van der Waals surface area contributed by atoms with Gasteiger partial charge in [0.2, 0.25) is 5.82 Å². The zero-order chi connectivity index (χ0) is 13.9. The van der Waals surface area contributed by atoms with Gasteiger partial charge in [0.1, 0.15) is 5.82 Å². The standard InChI is InChI=1S/C14H10ClFN4/c15-12-5-1-3-10(7-12)9-20-18-14(17-19-20)11-4-2-6-13(16)8-11/h1-8H,9H2. The van der Waals surface area contributed by atoms with E-state index in [4.69, 9.17) is 11.6 Å². The summed E-state index contributed by atoms with van der Waals surface area (Å²) in [5, 5.41) is 12.8. The quantitative estimate of drug-likeness (QED) is 0.743. The molecule has 0 saturated carbocycles. The molecule has 4 nitrogen and oxygen atoms in total. The number of benzene rings is 2. The Balaban J connectivity index is 1.84. The van der Waals surface area contributed by atoms with E-state index in [1.165, 1.54) is 16.9 Å². The first-order valence-corrected chi connectivity index (χ1v) is 6.37. The molecule has 0 N–H and O–H groups in total. The summed E-state index contributed by atoms with van der Waals surface area (Å²) < 4.78 is 13.2. The molecule has 0 atom stereocenters. The molecule has 0 saturated heterocycles. The van der Waals surface area contributed by atoms with Crippen LogP contribution in [0.4, 0.5) is 4.39 Å². The fourth-order valence-electron chi connectivity index (χ4n) is 1.85. The highest BCUT2D eigenvalue weighted by Gasteiger charge is 2.07. The lowest BCUT2D eigenvalue weighted by Gasteiger charge is -1.99. The van der Waals surface area contributed by atoms with E-state index in [2.05, 4.69) is 15.4 Å². The molecule has 0 radical (unpaired) electrons. The molecule has 1 heterocycles. The van der Waals surface area contributed by atoms with E-state index in [-0.39, 0.29) is 5.82 Å². The van der Waals surface area contributed by atoms with Crippen molar-refractivity contribution in [3.8, 4) is 11.4 Å². The van der Waals surface area contributed by atoms with Crippen molar-refractivity contribution in [3.63, 3.8) is 0 Å². The lowest BCUT2D eigenvalue weighted by molar-refractivity contribution is 0.573. The monoisotopic (exact) mass is 288 g/mol. The van der Waals surface area contributed by atoms with Gasteiger partial charge in [0.05, 0.1) is 6.54 Å². The first-order valence-electron chi connectivity index (χ1n) is 5.99. The fourth-order valence-corrected chi connectivity index (χ4v) is 2.06. The minimum atomic E-state index is -0.325. The van der Waals surface area contributed by atoms with Crippen molar-refractivity contribution in [2.75, 3.05) is 0 Å². The summed E-state index contributed by atoms with van der Waals surface area (Å²) in [5.41, 5.74) is 1.57. The van der Waals surface area contributed by atoms with Crippen LogP contribution in [0.2, 0.25) is 5.02 Å².